The van der Waals surface area contributed by atoms with Gasteiger partial charge >= 0.3 is 0 Å². The number of methoxy groups -OCH3 is 1. The van der Waals surface area contributed by atoms with Crippen LogP contribution >= 0.6 is 23.2 Å². The Morgan fingerprint density at radius 2 is 1.84 bits per heavy atom. The van der Waals surface area contributed by atoms with E-state index in [1.54, 1.807) is 6.07 Å². The number of anilines is 1. The van der Waals surface area contributed by atoms with Crippen molar-refractivity contribution in [1.82, 2.24) is 5.32 Å². The first-order valence-electron chi connectivity index (χ1n) is 11.2. The van der Waals surface area contributed by atoms with Gasteiger partial charge in [0.2, 0.25) is 5.91 Å². The van der Waals surface area contributed by atoms with E-state index in [0.717, 1.165) is 15.9 Å². The minimum absolute atomic E-state index is 0.0180. The Bertz CT molecular complexity index is 1420. The van der Waals surface area contributed by atoms with E-state index in [2.05, 4.69) is 5.32 Å². The SMILES string of the molecule is COc1ccc(Cl)cc1N(CC(=O)NCCCc1ccccc1Cl)S(=O)(=O)c1ccc(C)c([N+](=O)[O-])c1. The van der Waals surface area contributed by atoms with Gasteiger partial charge in [0.1, 0.15) is 12.3 Å². The lowest BCUT2D eigenvalue weighted by atomic mass is 10.1. The van der Waals surface area contributed by atoms with Crippen molar-refractivity contribution in [3.8, 4) is 5.75 Å². The first-order valence-corrected chi connectivity index (χ1v) is 13.4. The van der Waals surface area contributed by atoms with Crippen LogP contribution in [0, 0.1) is 17.0 Å². The maximum absolute atomic E-state index is 13.7. The molecule has 0 saturated heterocycles. The Labute approximate surface area is 225 Å². The van der Waals surface area contributed by atoms with Gasteiger partial charge in [-0.2, -0.15) is 0 Å². The number of carbonyl (C=O) groups is 1. The maximum Gasteiger partial charge on any atom is 0.273 e. The summed E-state index contributed by atoms with van der Waals surface area (Å²) in [5.74, 6) is -0.424. The lowest BCUT2D eigenvalue weighted by Crippen LogP contribution is -2.41. The summed E-state index contributed by atoms with van der Waals surface area (Å²) in [4.78, 5) is 23.3. The molecule has 1 N–H and O–H groups in total. The van der Waals surface area contributed by atoms with Gasteiger partial charge in [-0.15, -0.1) is 0 Å². The predicted octanol–water partition coefficient (Wildman–Crippen LogP) is 5.16. The molecule has 3 aromatic rings. The van der Waals surface area contributed by atoms with Gasteiger partial charge in [0.15, 0.2) is 0 Å². The van der Waals surface area contributed by atoms with Gasteiger partial charge in [0.05, 0.1) is 22.6 Å². The zero-order valence-corrected chi connectivity index (χ0v) is 22.4. The molecule has 0 spiro atoms. The predicted molar refractivity (Wildman–Crippen MR) is 143 cm³/mol. The fourth-order valence-electron chi connectivity index (χ4n) is 3.63. The summed E-state index contributed by atoms with van der Waals surface area (Å²) in [7, 11) is -3.09. The second kappa shape index (κ2) is 12.3. The summed E-state index contributed by atoms with van der Waals surface area (Å²) in [5, 5.41) is 15.0. The second-order valence-corrected chi connectivity index (χ2v) is 10.8. The van der Waals surface area contributed by atoms with Crippen molar-refractivity contribution in [3.63, 3.8) is 0 Å². The number of aryl methyl sites for hydroxylation is 2. The highest BCUT2D eigenvalue weighted by molar-refractivity contribution is 7.92. The van der Waals surface area contributed by atoms with Gasteiger partial charge in [0, 0.05) is 28.2 Å². The molecule has 0 aliphatic carbocycles. The number of carbonyl (C=O) groups excluding carboxylic acids is 1. The van der Waals surface area contributed by atoms with Crippen LogP contribution in [0.15, 0.2) is 65.6 Å². The van der Waals surface area contributed by atoms with E-state index in [9.17, 15) is 23.3 Å². The summed E-state index contributed by atoms with van der Waals surface area (Å²) >= 11 is 12.3. The molecule has 9 nitrogen and oxygen atoms in total. The summed E-state index contributed by atoms with van der Waals surface area (Å²) < 4.78 is 33.5. The Morgan fingerprint density at radius 3 is 2.51 bits per heavy atom. The average molecular weight is 566 g/mol. The molecule has 1 amide bonds. The summed E-state index contributed by atoms with van der Waals surface area (Å²) in [5.41, 5.74) is 0.895. The number of nitrogens with one attached hydrogen (secondary N) is 1. The number of nitro groups is 1. The van der Waals surface area contributed by atoms with Gasteiger partial charge < -0.3 is 10.1 Å². The molecule has 3 aromatic carbocycles. The molecule has 0 radical (unpaired) electrons. The van der Waals surface area contributed by atoms with Crippen molar-refractivity contribution >= 4 is 50.5 Å². The van der Waals surface area contributed by atoms with Crippen molar-refractivity contribution < 1.29 is 22.9 Å². The zero-order chi connectivity index (χ0) is 27.2. The van der Waals surface area contributed by atoms with Gasteiger partial charge in [-0.1, -0.05) is 47.5 Å². The first kappa shape index (κ1) is 28.2. The van der Waals surface area contributed by atoms with Gasteiger partial charge in [-0.3, -0.25) is 19.2 Å². The highest BCUT2D eigenvalue weighted by Crippen LogP contribution is 2.35. The molecule has 0 saturated carbocycles. The Hall–Kier alpha value is -3.34. The van der Waals surface area contributed by atoms with Crippen molar-refractivity contribution in [2.24, 2.45) is 0 Å². The normalized spacial score (nSPS) is 11.1. The molecule has 0 unspecified atom stereocenters. The van der Waals surface area contributed by atoms with Crippen molar-refractivity contribution in [2.75, 3.05) is 24.5 Å². The van der Waals surface area contributed by atoms with E-state index in [0.29, 0.717) is 23.4 Å². The molecule has 37 heavy (non-hydrogen) atoms. The lowest BCUT2D eigenvalue weighted by molar-refractivity contribution is -0.385. The molecule has 196 valence electrons. The third-order valence-corrected chi connectivity index (χ3v) is 7.92. The van der Waals surface area contributed by atoms with E-state index in [-0.39, 0.29) is 33.6 Å². The standard InChI is InChI=1S/C25H25Cl2N3O6S/c1-17-9-11-20(15-22(17)30(32)33)37(34,35)29(23-14-19(26)10-12-24(23)36-2)16-25(31)28-13-5-7-18-6-3-4-8-21(18)27/h3-4,6,8-12,14-15H,5,7,13,16H2,1-2H3,(H,28,31). The molecule has 0 atom stereocenters. The molecular formula is C25H25Cl2N3O6S. The van der Waals surface area contributed by atoms with Crippen molar-refractivity contribution in [1.29, 1.82) is 0 Å². The number of halogens is 2. The smallest absolute Gasteiger partial charge is 0.273 e. The number of sulfonamides is 1. The first-order chi connectivity index (χ1) is 17.5. The minimum Gasteiger partial charge on any atom is -0.495 e. The zero-order valence-electron chi connectivity index (χ0n) is 20.1. The van der Waals surface area contributed by atoms with Gasteiger partial charge in [-0.25, -0.2) is 8.42 Å². The number of ether oxygens (including phenoxy) is 1. The largest absolute Gasteiger partial charge is 0.495 e. The van der Waals surface area contributed by atoms with Crippen LogP contribution in [0.2, 0.25) is 10.0 Å². The molecule has 0 heterocycles. The van der Waals surface area contributed by atoms with Crippen LogP contribution < -0.4 is 14.4 Å². The van der Waals surface area contributed by atoms with E-state index in [4.69, 9.17) is 27.9 Å². The molecule has 0 fully saturated rings. The fraction of sp³-hybridized carbons (Fsp3) is 0.240. The quantitative estimate of drug-likeness (QED) is 0.195. The molecule has 0 aliphatic rings. The third kappa shape index (κ3) is 6.91. The van der Waals surface area contributed by atoms with Gasteiger partial charge in [0.25, 0.3) is 15.7 Å². The molecule has 0 aromatic heterocycles. The molecular weight excluding hydrogens is 541 g/mol. The fourth-order valence-corrected chi connectivity index (χ4v) is 5.47. The number of hydrogen-bond acceptors (Lipinski definition) is 6. The van der Waals surface area contributed by atoms with Crippen LogP contribution in [-0.4, -0.2) is 39.4 Å². The van der Waals surface area contributed by atoms with Crippen LogP contribution in [0.4, 0.5) is 11.4 Å². The molecule has 12 heteroatoms. The highest BCUT2D eigenvalue weighted by Gasteiger charge is 2.31. The monoisotopic (exact) mass is 565 g/mol. The Balaban J connectivity index is 1.88. The minimum atomic E-state index is -4.44. The number of benzene rings is 3. The lowest BCUT2D eigenvalue weighted by Gasteiger charge is -2.26. The summed E-state index contributed by atoms with van der Waals surface area (Å²) in [6, 6.07) is 15.3. The van der Waals surface area contributed by atoms with Crippen LogP contribution in [0.3, 0.4) is 0 Å². The molecule has 3 rings (SSSR count). The topological polar surface area (TPSA) is 119 Å². The summed E-state index contributed by atoms with van der Waals surface area (Å²) in [6.07, 6.45) is 1.20. The molecule has 0 aliphatic heterocycles. The van der Waals surface area contributed by atoms with E-state index in [1.165, 1.54) is 44.4 Å². The number of nitro benzene ring substituents is 1. The van der Waals surface area contributed by atoms with Crippen LogP contribution in [-0.2, 0) is 21.2 Å². The highest BCUT2D eigenvalue weighted by atomic mass is 35.5. The Kier molecular flexibility index (Phi) is 9.36. The third-order valence-electron chi connectivity index (χ3n) is 5.56. The van der Waals surface area contributed by atoms with Gasteiger partial charge in [-0.05, 0) is 55.7 Å². The number of hydrogen-bond donors (Lipinski definition) is 1. The Morgan fingerprint density at radius 1 is 1.11 bits per heavy atom. The van der Waals surface area contributed by atoms with E-state index < -0.39 is 27.4 Å². The number of nitrogens with zero attached hydrogens (tertiary/aromatic N) is 2. The van der Waals surface area contributed by atoms with Crippen LogP contribution in [0.1, 0.15) is 17.5 Å². The van der Waals surface area contributed by atoms with E-state index >= 15 is 0 Å². The molecule has 0 bridgehead atoms. The second-order valence-electron chi connectivity index (χ2n) is 8.08. The van der Waals surface area contributed by atoms with Crippen molar-refractivity contribution in [2.45, 2.75) is 24.7 Å². The van der Waals surface area contributed by atoms with Crippen LogP contribution in [0.25, 0.3) is 0 Å². The maximum atomic E-state index is 13.7. The average Bonchev–Trinajstić information content (AvgIpc) is 2.86. The van der Waals surface area contributed by atoms with E-state index in [1.807, 2.05) is 18.2 Å². The number of rotatable bonds is 11. The number of amides is 1. The van der Waals surface area contributed by atoms with Crippen LogP contribution in [0.5, 0.6) is 5.75 Å². The summed E-state index contributed by atoms with van der Waals surface area (Å²) in [6.45, 7) is 1.18. The van der Waals surface area contributed by atoms with Crippen molar-refractivity contribution in [3.05, 3.63) is 92.0 Å².